The van der Waals surface area contributed by atoms with Gasteiger partial charge in [-0.25, -0.2) is 0 Å². The highest BCUT2D eigenvalue weighted by molar-refractivity contribution is 6.04. The van der Waals surface area contributed by atoms with Gasteiger partial charge in [-0.05, 0) is 42.5 Å². The molecule has 142 valence electrons. The second kappa shape index (κ2) is 8.68. The summed E-state index contributed by atoms with van der Waals surface area (Å²) in [4.78, 5) is 27.7. The topological polar surface area (TPSA) is 92.3 Å². The monoisotopic (exact) mass is 376 g/mol. The number of hydrogen-bond donors (Lipinski definition) is 3. The number of aromatic nitrogens is 1. The minimum Gasteiger partial charge on any atom is -0.497 e. The average Bonchev–Trinajstić information content (AvgIpc) is 2.69. The Morgan fingerprint density at radius 1 is 0.857 bits per heavy atom. The number of anilines is 4. The first-order chi connectivity index (χ1) is 13.5. The van der Waals surface area contributed by atoms with E-state index in [1.165, 1.54) is 13.1 Å². The average molecular weight is 376 g/mol. The van der Waals surface area contributed by atoms with E-state index in [9.17, 15) is 9.59 Å². The molecule has 0 atom stereocenters. The molecule has 3 N–H and O–H groups in total. The van der Waals surface area contributed by atoms with Crippen molar-refractivity contribution in [3.63, 3.8) is 0 Å². The van der Waals surface area contributed by atoms with Crippen LogP contribution in [0.25, 0.3) is 0 Å². The maximum absolute atomic E-state index is 12.5. The summed E-state index contributed by atoms with van der Waals surface area (Å²) < 4.78 is 5.16. The molecule has 0 saturated heterocycles. The van der Waals surface area contributed by atoms with Gasteiger partial charge in [0.2, 0.25) is 5.91 Å². The van der Waals surface area contributed by atoms with Crippen LogP contribution in [0.3, 0.4) is 0 Å². The summed E-state index contributed by atoms with van der Waals surface area (Å²) in [5.74, 6) is 0.263. The Bertz CT molecular complexity index is 987. The second-order valence-corrected chi connectivity index (χ2v) is 6.03. The van der Waals surface area contributed by atoms with Crippen LogP contribution in [0.1, 0.15) is 17.3 Å². The molecule has 0 radical (unpaired) electrons. The summed E-state index contributed by atoms with van der Waals surface area (Å²) >= 11 is 0. The molecular formula is C21H20N4O3. The molecule has 0 aliphatic rings. The van der Waals surface area contributed by atoms with Gasteiger partial charge >= 0.3 is 0 Å². The van der Waals surface area contributed by atoms with Crippen molar-refractivity contribution in [2.75, 3.05) is 23.1 Å². The molecule has 2 aromatic carbocycles. The van der Waals surface area contributed by atoms with Gasteiger partial charge in [-0.1, -0.05) is 6.07 Å². The Hall–Kier alpha value is -3.87. The first kappa shape index (κ1) is 18.9. The Balaban J connectivity index is 1.69. The maximum atomic E-state index is 12.5. The summed E-state index contributed by atoms with van der Waals surface area (Å²) in [6.07, 6.45) is 3.13. The number of rotatable bonds is 6. The van der Waals surface area contributed by atoms with Crippen LogP contribution in [-0.4, -0.2) is 23.9 Å². The van der Waals surface area contributed by atoms with Crippen LogP contribution < -0.4 is 20.7 Å². The van der Waals surface area contributed by atoms with Gasteiger partial charge in [0.15, 0.2) is 0 Å². The lowest BCUT2D eigenvalue weighted by molar-refractivity contribution is -0.114. The quantitative estimate of drug-likeness (QED) is 0.604. The normalized spacial score (nSPS) is 10.1. The van der Waals surface area contributed by atoms with Crippen LogP contribution in [0.2, 0.25) is 0 Å². The Morgan fingerprint density at radius 2 is 1.61 bits per heavy atom. The van der Waals surface area contributed by atoms with Crippen LogP contribution in [0.5, 0.6) is 5.75 Å². The van der Waals surface area contributed by atoms with Gasteiger partial charge in [-0.15, -0.1) is 0 Å². The van der Waals surface area contributed by atoms with Crippen molar-refractivity contribution in [2.24, 2.45) is 0 Å². The Morgan fingerprint density at radius 3 is 2.32 bits per heavy atom. The molecule has 7 heteroatoms. The number of hydrogen-bond acceptors (Lipinski definition) is 5. The van der Waals surface area contributed by atoms with E-state index in [-0.39, 0.29) is 11.8 Å². The van der Waals surface area contributed by atoms with E-state index >= 15 is 0 Å². The largest absolute Gasteiger partial charge is 0.497 e. The van der Waals surface area contributed by atoms with E-state index in [2.05, 4.69) is 20.9 Å². The number of pyridine rings is 1. The van der Waals surface area contributed by atoms with E-state index in [1.54, 1.807) is 55.8 Å². The number of nitrogens with one attached hydrogen (secondary N) is 3. The molecule has 0 bridgehead atoms. The SMILES string of the molecule is COc1cccc(NC(=O)c2cncc(Nc3ccc(NC(C)=O)cc3)c2)c1. The Labute approximate surface area is 162 Å². The van der Waals surface area contributed by atoms with Crippen LogP contribution in [-0.2, 0) is 4.79 Å². The molecule has 1 aromatic heterocycles. The molecule has 1 heterocycles. The number of carbonyl (C=O) groups excluding carboxylic acids is 2. The predicted molar refractivity (Wildman–Crippen MR) is 109 cm³/mol. The fourth-order valence-corrected chi connectivity index (χ4v) is 2.54. The predicted octanol–water partition coefficient (Wildman–Crippen LogP) is 4.04. The van der Waals surface area contributed by atoms with E-state index in [1.807, 2.05) is 12.1 Å². The molecule has 2 amide bonds. The van der Waals surface area contributed by atoms with Gasteiger partial charge in [0.25, 0.3) is 5.91 Å². The fourth-order valence-electron chi connectivity index (χ4n) is 2.54. The van der Waals surface area contributed by atoms with Gasteiger partial charge in [0.1, 0.15) is 5.75 Å². The fraction of sp³-hybridized carbons (Fsp3) is 0.0952. The third kappa shape index (κ3) is 5.07. The Kier molecular flexibility index (Phi) is 5.86. The lowest BCUT2D eigenvalue weighted by Crippen LogP contribution is -2.12. The number of methoxy groups -OCH3 is 1. The number of benzene rings is 2. The minimum atomic E-state index is -0.273. The van der Waals surface area contributed by atoms with Gasteiger partial charge in [-0.3, -0.25) is 14.6 Å². The van der Waals surface area contributed by atoms with Crippen LogP contribution in [0.15, 0.2) is 67.0 Å². The van der Waals surface area contributed by atoms with Crippen LogP contribution in [0.4, 0.5) is 22.7 Å². The van der Waals surface area contributed by atoms with E-state index in [0.29, 0.717) is 28.4 Å². The zero-order chi connectivity index (χ0) is 19.9. The molecule has 28 heavy (non-hydrogen) atoms. The van der Waals surface area contributed by atoms with Crippen LogP contribution in [0, 0.1) is 0 Å². The molecule has 0 spiro atoms. The smallest absolute Gasteiger partial charge is 0.257 e. The highest BCUT2D eigenvalue weighted by Gasteiger charge is 2.08. The van der Waals surface area contributed by atoms with Crippen molar-refractivity contribution < 1.29 is 14.3 Å². The number of ether oxygens (including phenoxy) is 1. The zero-order valence-corrected chi connectivity index (χ0v) is 15.5. The molecule has 7 nitrogen and oxygen atoms in total. The zero-order valence-electron chi connectivity index (χ0n) is 15.5. The van der Waals surface area contributed by atoms with E-state index in [4.69, 9.17) is 4.74 Å². The first-order valence-electron chi connectivity index (χ1n) is 8.58. The lowest BCUT2D eigenvalue weighted by Gasteiger charge is -2.10. The van der Waals surface area contributed by atoms with Gasteiger partial charge in [0.05, 0.1) is 24.6 Å². The minimum absolute atomic E-state index is 0.125. The molecule has 0 aliphatic carbocycles. The molecule has 0 saturated carbocycles. The second-order valence-electron chi connectivity index (χ2n) is 6.03. The standard InChI is InChI=1S/C21H20N4O3/c1-14(26)23-16-6-8-17(9-7-16)24-19-10-15(12-22-13-19)21(27)25-18-4-3-5-20(11-18)28-2/h3-13,24H,1-2H3,(H,23,26)(H,25,27). The van der Waals surface area contributed by atoms with E-state index < -0.39 is 0 Å². The molecular weight excluding hydrogens is 356 g/mol. The van der Waals surface area contributed by atoms with Gasteiger partial charge in [-0.2, -0.15) is 0 Å². The summed E-state index contributed by atoms with van der Waals surface area (Å²) in [7, 11) is 1.57. The number of amides is 2. The molecule has 3 rings (SSSR count). The first-order valence-corrected chi connectivity index (χ1v) is 8.58. The molecule has 3 aromatic rings. The summed E-state index contributed by atoms with van der Waals surface area (Å²) in [5.41, 5.74) is 3.24. The highest BCUT2D eigenvalue weighted by atomic mass is 16.5. The lowest BCUT2D eigenvalue weighted by atomic mass is 10.2. The summed E-state index contributed by atoms with van der Waals surface area (Å²) in [6.45, 7) is 1.46. The van der Waals surface area contributed by atoms with Crippen molar-refractivity contribution in [2.45, 2.75) is 6.92 Å². The molecule has 0 unspecified atom stereocenters. The van der Waals surface area contributed by atoms with Crippen molar-refractivity contribution in [1.82, 2.24) is 4.98 Å². The van der Waals surface area contributed by atoms with Crippen molar-refractivity contribution in [3.05, 3.63) is 72.6 Å². The van der Waals surface area contributed by atoms with Crippen LogP contribution >= 0.6 is 0 Å². The summed E-state index contributed by atoms with van der Waals surface area (Å²) in [5, 5.41) is 8.72. The van der Waals surface area contributed by atoms with Gasteiger partial charge < -0.3 is 20.7 Å². The number of carbonyl (C=O) groups is 2. The van der Waals surface area contributed by atoms with Crippen molar-refractivity contribution in [3.8, 4) is 5.75 Å². The highest BCUT2D eigenvalue weighted by Crippen LogP contribution is 2.21. The van der Waals surface area contributed by atoms with Crippen molar-refractivity contribution >= 4 is 34.6 Å². The molecule has 0 aliphatic heterocycles. The number of nitrogens with zero attached hydrogens (tertiary/aromatic N) is 1. The molecule has 0 fully saturated rings. The van der Waals surface area contributed by atoms with Gasteiger partial charge in [0, 0.05) is 36.2 Å². The van der Waals surface area contributed by atoms with E-state index in [0.717, 1.165) is 5.69 Å². The third-order valence-corrected chi connectivity index (χ3v) is 3.82. The maximum Gasteiger partial charge on any atom is 0.257 e. The summed E-state index contributed by atoms with van der Waals surface area (Å²) in [6, 6.07) is 16.1. The van der Waals surface area contributed by atoms with Crippen molar-refractivity contribution in [1.29, 1.82) is 0 Å². The third-order valence-electron chi connectivity index (χ3n) is 3.82.